The third-order valence-corrected chi connectivity index (χ3v) is 3.28. The number of thioether (sulfide) groups is 1. The Bertz CT molecular complexity index is 144. The second kappa shape index (κ2) is 4.69. The molecule has 1 fully saturated rings. The fraction of sp³-hybridized carbons (Fsp3) is 0.778. The Balaban J connectivity index is 2.18. The molecule has 2 heteroatoms. The van der Waals surface area contributed by atoms with E-state index < -0.39 is 0 Å². The van der Waals surface area contributed by atoms with Gasteiger partial charge in [0.05, 0.1) is 0 Å². The van der Waals surface area contributed by atoms with Gasteiger partial charge in [-0.05, 0) is 19.2 Å². The Kier molecular flexibility index (Phi) is 3.82. The molecule has 0 amide bonds. The fourth-order valence-corrected chi connectivity index (χ4v) is 2.59. The molecule has 1 aliphatic rings. The van der Waals surface area contributed by atoms with Gasteiger partial charge in [0.15, 0.2) is 0 Å². The molecule has 1 aliphatic heterocycles. The maximum Gasteiger partial charge on any atom is 0.0214 e. The summed E-state index contributed by atoms with van der Waals surface area (Å²) in [6, 6.07) is 0.786. The van der Waals surface area contributed by atoms with Gasteiger partial charge < -0.3 is 4.90 Å². The van der Waals surface area contributed by atoms with E-state index in [0.29, 0.717) is 0 Å². The SMILES string of the molecule is C#CCCN(C)C1CCSC1. The van der Waals surface area contributed by atoms with Gasteiger partial charge in [-0.1, -0.05) is 0 Å². The van der Waals surface area contributed by atoms with Crippen molar-refractivity contribution in [1.82, 2.24) is 4.90 Å². The molecule has 0 aromatic rings. The van der Waals surface area contributed by atoms with E-state index in [0.717, 1.165) is 19.0 Å². The number of nitrogens with zero attached hydrogens (tertiary/aromatic N) is 1. The van der Waals surface area contributed by atoms with Crippen LogP contribution in [0.2, 0.25) is 0 Å². The van der Waals surface area contributed by atoms with Crippen LogP contribution in [0.3, 0.4) is 0 Å². The minimum absolute atomic E-state index is 0.786. The molecule has 1 rings (SSSR count). The Morgan fingerprint density at radius 1 is 1.73 bits per heavy atom. The van der Waals surface area contributed by atoms with Crippen LogP contribution in [0.5, 0.6) is 0 Å². The lowest BCUT2D eigenvalue weighted by Crippen LogP contribution is -2.32. The van der Waals surface area contributed by atoms with Crippen LogP contribution >= 0.6 is 11.8 Å². The van der Waals surface area contributed by atoms with Gasteiger partial charge in [0, 0.05) is 24.8 Å². The van der Waals surface area contributed by atoms with Crippen LogP contribution in [0, 0.1) is 12.3 Å². The van der Waals surface area contributed by atoms with Crippen LogP contribution in [0.25, 0.3) is 0 Å². The summed E-state index contributed by atoms with van der Waals surface area (Å²) >= 11 is 2.05. The Labute approximate surface area is 73.5 Å². The van der Waals surface area contributed by atoms with Gasteiger partial charge in [-0.3, -0.25) is 0 Å². The summed E-state index contributed by atoms with van der Waals surface area (Å²) in [6.45, 7) is 1.06. The molecule has 1 unspecified atom stereocenters. The zero-order valence-electron chi connectivity index (χ0n) is 7.05. The molecule has 1 atom stereocenters. The minimum Gasteiger partial charge on any atom is -0.302 e. The fourth-order valence-electron chi connectivity index (χ4n) is 1.29. The number of hydrogen-bond acceptors (Lipinski definition) is 2. The Morgan fingerprint density at radius 2 is 2.55 bits per heavy atom. The topological polar surface area (TPSA) is 3.24 Å². The Morgan fingerprint density at radius 3 is 3.09 bits per heavy atom. The molecule has 1 saturated heterocycles. The average molecular weight is 169 g/mol. The highest BCUT2D eigenvalue weighted by atomic mass is 32.2. The summed E-state index contributed by atoms with van der Waals surface area (Å²) in [5.41, 5.74) is 0. The largest absolute Gasteiger partial charge is 0.302 e. The van der Waals surface area contributed by atoms with Gasteiger partial charge in [0.25, 0.3) is 0 Å². The van der Waals surface area contributed by atoms with E-state index >= 15 is 0 Å². The van der Waals surface area contributed by atoms with Crippen molar-refractivity contribution in [1.29, 1.82) is 0 Å². The van der Waals surface area contributed by atoms with Crippen molar-refractivity contribution in [2.24, 2.45) is 0 Å². The third kappa shape index (κ3) is 2.76. The normalized spacial score (nSPS) is 23.9. The van der Waals surface area contributed by atoms with Gasteiger partial charge in [-0.15, -0.1) is 12.3 Å². The molecule has 11 heavy (non-hydrogen) atoms. The summed E-state index contributed by atoms with van der Waals surface area (Å²) in [6.07, 6.45) is 7.42. The van der Waals surface area contributed by atoms with Crippen LogP contribution in [0.15, 0.2) is 0 Å². The van der Waals surface area contributed by atoms with Crippen molar-refractivity contribution in [2.75, 3.05) is 25.1 Å². The van der Waals surface area contributed by atoms with Crippen molar-refractivity contribution >= 4 is 11.8 Å². The molecule has 0 aliphatic carbocycles. The van der Waals surface area contributed by atoms with Crippen molar-refractivity contribution in [3.8, 4) is 12.3 Å². The molecular formula is C9H15NS. The van der Waals surface area contributed by atoms with Crippen LogP contribution < -0.4 is 0 Å². The average Bonchev–Trinajstić information content (AvgIpc) is 2.52. The predicted molar refractivity (Wildman–Crippen MR) is 51.8 cm³/mol. The molecule has 0 spiro atoms. The molecular weight excluding hydrogens is 154 g/mol. The lowest BCUT2D eigenvalue weighted by molar-refractivity contribution is 0.269. The maximum atomic E-state index is 5.19. The monoisotopic (exact) mass is 169 g/mol. The molecule has 0 saturated carbocycles. The van der Waals surface area contributed by atoms with Gasteiger partial charge in [-0.2, -0.15) is 11.8 Å². The van der Waals surface area contributed by atoms with Gasteiger partial charge in [0.2, 0.25) is 0 Å². The first-order chi connectivity index (χ1) is 5.34. The number of hydrogen-bond donors (Lipinski definition) is 0. The van der Waals surface area contributed by atoms with Crippen LogP contribution in [0.1, 0.15) is 12.8 Å². The summed E-state index contributed by atoms with van der Waals surface area (Å²) < 4.78 is 0. The van der Waals surface area contributed by atoms with Crippen molar-refractivity contribution in [3.05, 3.63) is 0 Å². The molecule has 0 aromatic carbocycles. The zero-order chi connectivity index (χ0) is 8.10. The third-order valence-electron chi connectivity index (χ3n) is 2.14. The highest BCUT2D eigenvalue weighted by molar-refractivity contribution is 7.99. The quantitative estimate of drug-likeness (QED) is 0.588. The predicted octanol–water partition coefficient (Wildman–Crippen LogP) is 1.45. The summed E-state index contributed by atoms with van der Waals surface area (Å²) in [5, 5.41) is 0. The lowest BCUT2D eigenvalue weighted by Gasteiger charge is -2.21. The zero-order valence-corrected chi connectivity index (χ0v) is 7.86. The first kappa shape index (κ1) is 8.96. The first-order valence-corrected chi connectivity index (χ1v) is 5.21. The molecule has 1 heterocycles. The van der Waals surface area contributed by atoms with Crippen molar-refractivity contribution in [2.45, 2.75) is 18.9 Å². The van der Waals surface area contributed by atoms with Crippen LogP contribution in [0.4, 0.5) is 0 Å². The van der Waals surface area contributed by atoms with Gasteiger partial charge in [0.1, 0.15) is 0 Å². The van der Waals surface area contributed by atoms with E-state index in [-0.39, 0.29) is 0 Å². The van der Waals surface area contributed by atoms with E-state index in [1.807, 2.05) is 0 Å². The number of rotatable bonds is 3. The Hall–Kier alpha value is -0.130. The molecule has 0 aromatic heterocycles. The minimum atomic E-state index is 0.786. The molecule has 1 nitrogen and oxygen atoms in total. The highest BCUT2D eigenvalue weighted by Gasteiger charge is 2.18. The lowest BCUT2D eigenvalue weighted by atomic mass is 10.2. The first-order valence-electron chi connectivity index (χ1n) is 4.06. The molecule has 62 valence electrons. The second-order valence-electron chi connectivity index (χ2n) is 2.95. The molecule has 0 radical (unpaired) electrons. The number of terminal acetylenes is 1. The van der Waals surface area contributed by atoms with E-state index in [9.17, 15) is 0 Å². The summed E-state index contributed by atoms with van der Waals surface area (Å²) in [5.74, 6) is 5.29. The van der Waals surface area contributed by atoms with Crippen LogP contribution in [-0.4, -0.2) is 36.0 Å². The second-order valence-corrected chi connectivity index (χ2v) is 4.10. The summed E-state index contributed by atoms with van der Waals surface area (Å²) in [7, 11) is 2.17. The molecule has 0 N–H and O–H groups in total. The van der Waals surface area contributed by atoms with Gasteiger partial charge >= 0.3 is 0 Å². The van der Waals surface area contributed by atoms with Crippen molar-refractivity contribution in [3.63, 3.8) is 0 Å². The van der Waals surface area contributed by atoms with Gasteiger partial charge in [-0.25, -0.2) is 0 Å². The van der Waals surface area contributed by atoms with E-state index in [1.165, 1.54) is 17.9 Å². The van der Waals surface area contributed by atoms with E-state index in [1.54, 1.807) is 0 Å². The van der Waals surface area contributed by atoms with Crippen molar-refractivity contribution < 1.29 is 0 Å². The molecule has 0 bridgehead atoms. The maximum absolute atomic E-state index is 5.19. The highest BCUT2D eigenvalue weighted by Crippen LogP contribution is 2.21. The van der Waals surface area contributed by atoms with Crippen LogP contribution in [-0.2, 0) is 0 Å². The van der Waals surface area contributed by atoms with E-state index in [2.05, 4.69) is 29.6 Å². The summed E-state index contributed by atoms with van der Waals surface area (Å²) in [4.78, 5) is 2.39. The van der Waals surface area contributed by atoms with E-state index in [4.69, 9.17) is 6.42 Å². The smallest absolute Gasteiger partial charge is 0.0214 e. The standard InChI is InChI=1S/C9H15NS/c1-3-4-6-10(2)9-5-7-11-8-9/h1,9H,4-8H2,2H3.